The first-order valence-electron chi connectivity index (χ1n) is 5.99. The molecular weight excluding hydrogens is 214 g/mol. The van der Waals surface area contributed by atoms with Gasteiger partial charge in [0.15, 0.2) is 0 Å². The zero-order valence-electron chi connectivity index (χ0n) is 10.8. The van der Waals surface area contributed by atoms with Gasteiger partial charge in [0.25, 0.3) is 0 Å². The lowest BCUT2D eigenvalue weighted by molar-refractivity contribution is 0.475. The van der Waals surface area contributed by atoms with E-state index in [2.05, 4.69) is 56.6 Å². The molecule has 0 bridgehead atoms. The smallest absolute Gasteiger partial charge is 0.0294 e. The molecule has 0 spiro atoms. The average molecular weight is 237 g/mol. The molecule has 2 heteroatoms. The van der Waals surface area contributed by atoms with Crippen molar-refractivity contribution < 1.29 is 0 Å². The molecule has 0 heterocycles. The van der Waals surface area contributed by atoms with Gasteiger partial charge in [0.2, 0.25) is 0 Å². The molecule has 0 aliphatic carbocycles. The third kappa shape index (κ3) is 4.18. The van der Waals surface area contributed by atoms with E-state index in [1.165, 1.54) is 23.3 Å². The van der Waals surface area contributed by atoms with Crippen LogP contribution in [0.3, 0.4) is 0 Å². The van der Waals surface area contributed by atoms with E-state index in [-0.39, 0.29) is 0 Å². The minimum atomic E-state index is 0.442. The molecule has 1 aromatic rings. The lowest BCUT2D eigenvalue weighted by Gasteiger charge is -2.22. The number of aryl methyl sites for hydroxylation is 1. The van der Waals surface area contributed by atoms with Crippen LogP contribution in [0.1, 0.15) is 37.4 Å². The second-order valence-corrected chi connectivity index (χ2v) is 5.27. The van der Waals surface area contributed by atoms with E-state index < -0.39 is 0 Å². The summed E-state index contributed by atoms with van der Waals surface area (Å²) in [6, 6.07) is 9.87. The van der Waals surface area contributed by atoms with Gasteiger partial charge in [0, 0.05) is 17.8 Å². The number of rotatable bonds is 6. The molecule has 0 aliphatic rings. The molecule has 1 rings (SSSR count). The van der Waals surface area contributed by atoms with E-state index in [1.54, 1.807) is 0 Å². The van der Waals surface area contributed by atoms with Crippen molar-refractivity contribution in [3.05, 3.63) is 35.4 Å². The highest BCUT2D eigenvalue weighted by molar-refractivity contribution is 7.98. The maximum atomic E-state index is 3.68. The fourth-order valence-electron chi connectivity index (χ4n) is 1.79. The lowest BCUT2D eigenvalue weighted by Crippen LogP contribution is -2.32. The summed E-state index contributed by atoms with van der Waals surface area (Å²) in [5.74, 6) is 1.19. The molecule has 2 unspecified atom stereocenters. The average Bonchev–Trinajstić information content (AvgIpc) is 2.29. The van der Waals surface area contributed by atoms with Crippen molar-refractivity contribution >= 4 is 11.8 Å². The molecule has 0 aliphatic heterocycles. The zero-order valence-corrected chi connectivity index (χ0v) is 11.6. The molecule has 0 radical (unpaired) electrons. The highest BCUT2D eigenvalue weighted by atomic mass is 32.2. The molecule has 0 fully saturated rings. The third-order valence-electron chi connectivity index (χ3n) is 2.92. The van der Waals surface area contributed by atoms with Crippen LogP contribution in [0, 0.1) is 6.92 Å². The van der Waals surface area contributed by atoms with E-state index in [0.29, 0.717) is 12.1 Å². The summed E-state index contributed by atoms with van der Waals surface area (Å²) in [6.45, 7) is 6.62. The standard InChI is InChI=1S/C14H23NS/c1-5-14(10-16-4)15-12(3)13-8-6-11(2)7-9-13/h6-9,12,14-15H,5,10H2,1-4H3. The molecule has 1 N–H and O–H groups in total. The molecule has 0 saturated heterocycles. The van der Waals surface area contributed by atoms with E-state index in [1.807, 2.05) is 11.8 Å². The van der Waals surface area contributed by atoms with Crippen molar-refractivity contribution in [3.63, 3.8) is 0 Å². The largest absolute Gasteiger partial charge is 0.307 e. The summed E-state index contributed by atoms with van der Waals surface area (Å²) in [4.78, 5) is 0. The highest BCUT2D eigenvalue weighted by Gasteiger charge is 2.10. The van der Waals surface area contributed by atoms with Gasteiger partial charge in [0.05, 0.1) is 0 Å². The summed E-state index contributed by atoms with van der Waals surface area (Å²) in [5.41, 5.74) is 2.71. The van der Waals surface area contributed by atoms with Crippen LogP contribution >= 0.6 is 11.8 Å². The Morgan fingerprint density at radius 3 is 2.38 bits per heavy atom. The van der Waals surface area contributed by atoms with E-state index >= 15 is 0 Å². The van der Waals surface area contributed by atoms with E-state index in [0.717, 1.165) is 0 Å². The first-order chi connectivity index (χ1) is 7.67. The maximum absolute atomic E-state index is 3.68. The second kappa shape index (κ2) is 6.97. The number of hydrogen-bond donors (Lipinski definition) is 1. The van der Waals surface area contributed by atoms with Crippen LogP contribution in [0.5, 0.6) is 0 Å². The fourth-order valence-corrected chi connectivity index (χ4v) is 2.52. The minimum absolute atomic E-state index is 0.442. The predicted octanol–water partition coefficient (Wildman–Crippen LogP) is 3.79. The Bertz CT molecular complexity index is 294. The SMILES string of the molecule is CCC(CSC)NC(C)c1ccc(C)cc1. The Hall–Kier alpha value is -0.470. The van der Waals surface area contributed by atoms with Gasteiger partial charge >= 0.3 is 0 Å². The Labute approximate surface area is 104 Å². The highest BCUT2D eigenvalue weighted by Crippen LogP contribution is 2.15. The molecule has 16 heavy (non-hydrogen) atoms. The van der Waals surface area contributed by atoms with Crippen LogP contribution in [-0.2, 0) is 0 Å². The van der Waals surface area contributed by atoms with Gasteiger partial charge in [-0.15, -0.1) is 0 Å². The number of thioether (sulfide) groups is 1. The second-order valence-electron chi connectivity index (χ2n) is 4.36. The molecule has 90 valence electrons. The van der Waals surface area contributed by atoms with E-state index in [9.17, 15) is 0 Å². The number of nitrogens with one attached hydrogen (secondary N) is 1. The molecule has 0 saturated carbocycles. The Balaban J connectivity index is 2.56. The zero-order chi connectivity index (χ0) is 12.0. The van der Waals surface area contributed by atoms with Crippen molar-refractivity contribution in [2.45, 2.75) is 39.3 Å². The summed E-state index contributed by atoms with van der Waals surface area (Å²) >= 11 is 1.91. The molecule has 0 aromatic heterocycles. The van der Waals surface area contributed by atoms with Crippen molar-refractivity contribution in [1.82, 2.24) is 5.32 Å². The van der Waals surface area contributed by atoms with Crippen molar-refractivity contribution in [1.29, 1.82) is 0 Å². The topological polar surface area (TPSA) is 12.0 Å². The van der Waals surface area contributed by atoms with Gasteiger partial charge in [-0.25, -0.2) is 0 Å². The van der Waals surface area contributed by atoms with Crippen molar-refractivity contribution in [3.8, 4) is 0 Å². The number of benzene rings is 1. The van der Waals surface area contributed by atoms with Gasteiger partial charge in [-0.3, -0.25) is 0 Å². The monoisotopic (exact) mass is 237 g/mol. The van der Waals surface area contributed by atoms with Gasteiger partial charge in [-0.1, -0.05) is 36.8 Å². The van der Waals surface area contributed by atoms with Crippen LogP contribution in [0.25, 0.3) is 0 Å². The molecule has 2 atom stereocenters. The summed E-state index contributed by atoms with van der Waals surface area (Å²) in [5, 5.41) is 3.68. The molecule has 1 aromatic carbocycles. The molecule has 1 nitrogen and oxygen atoms in total. The Morgan fingerprint density at radius 1 is 1.25 bits per heavy atom. The first kappa shape index (κ1) is 13.6. The number of hydrogen-bond acceptors (Lipinski definition) is 2. The van der Waals surface area contributed by atoms with Crippen LogP contribution in [-0.4, -0.2) is 18.1 Å². The quantitative estimate of drug-likeness (QED) is 0.808. The van der Waals surface area contributed by atoms with Crippen molar-refractivity contribution in [2.75, 3.05) is 12.0 Å². The predicted molar refractivity (Wildman–Crippen MR) is 75.2 cm³/mol. The molecular formula is C14H23NS. The molecule has 0 amide bonds. The van der Waals surface area contributed by atoms with E-state index in [4.69, 9.17) is 0 Å². The summed E-state index contributed by atoms with van der Waals surface area (Å²) in [7, 11) is 0. The normalized spacial score (nSPS) is 14.8. The Morgan fingerprint density at radius 2 is 1.88 bits per heavy atom. The van der Waals surface area contributed by atoms with Crippen LogP contribution in [0.4, 0.5) is 0 Å². The van der Waals surface area contributed by atoms with Gasteiger partial charge < -0.3 is 5.32 Å². The lowest BCUT2D eigenvalue weighted by atomic mass is 10.1. The first-order valence-corrected chi connectivity index (χ1v) is 7.38. The minimum Gasteiger partial charge on any atom is -0.307 e. The van der Waals surface area contributed by atoms with Crippen LogP contribution in [0.2, 0.25) is 0 Å². The maximum Gasteiger partial charge on any atom is 0.0294 e. The van der Waals surface area contributed by atoms with Crippen molar-refractivity contribution in [2.24, 2.45) is 0 Å². The Kier molecular flexibility index (Phi) is 5.93. The summed E-state index contributed by atoms with van der Waals surface area (Å²) in [6.07, 6.45) is 3.36. The fraction of sp³-hybridized carbons (Fsp3) is 0.571. The van der Waals surface area contributed by atoms with Crippen LogP contribution < -0.4 is 5.32 Å². The van der Waals surface area contributed by atoms with Gasteiger partial charge in [-0.05, 0) is 32.1 Å². The van der Waals surface area contributed by atoms with Crippen LogP contribution in [0.15, 0.2) is 24.3 Å². The third-order valence-corrected chi connectivity index (χ3v) is 3.66. The van der Waals surface area contributed by atoms with Gasteiger partial charge in [0.1, 0.15) is 0 Å². The summed E-state index contributed by atoms with van der Waals surface area (Å²) < 4.78 is 0. The van der Waals surface area contributed by atoms with Gasteiger partial charge in [-0.2, -0.15) is 11.8 Å².